The van der Waals surface area contributed by atoms with Gasteiger partial charge in [-0.3, -0.25) is 9.20 Å². The van der Waals surface area contributed by atoms with Crippen molar-refractivity contribution in [2.24, 2.45) is 0 Å². The number of nitrogens with zero attached hydrogens (tertiary/aromatic N) is 4. The van der Waals surface area contributed by atoms with Crippen LogP contribution in [-0.4, -0.2) is 60.6 Å². The predicted octanol–water partition coefficient (Wildman–Crippen LogP) is 1.81. The van der Waals surface area contributed by atoms with E-state index < -0.39 is 10.0 Å². The lowest BCUT2D eigenvalue weighted by molar-refractivity contribution is -0.132. The molecule has 1 atom stereocenters. The van der Waals surface area contributed by atoms with E-state index in [1.807, 2.05) is 28.8 Å². The summed E-state index contributed by atoms with van der Waals surface area (Å²) in [6.07, 6.45) is 3.83. The molecule has 164 valence electrons. The number of methoxy groups -OCH3 is 1. The van der Waals surface area contributed by atoms with E-state index in [0.29, 0.717) is 18.8 Å². The van der Waals surface area contributed by atoms with Crippen LogP contribution in [0.3, 0.4) is 0 Å². The van der Waals surface area contributed by atoms with Crippen molar-refractivity contribution in [1.82, 2.24) is 24.2 Å². The summed E-state index contributed by atoms with van der Waals surface area (Å²) < 4.78 is 34.4. The molecular weight excluding hydrogens is 418 g/mol. The Hall–Kier alpha value is -2.98. The minimum absolute atomic E-state index is 0.0439. The molecule has 1 unspecified atom stereocenters. The van der Waals surface area contributed by atoms with Crippen molar-refractivity contribution in [1.29, 1.82) is 0 Å². The number of amides is 1. The summed E-state index contributed by atoms with van der Waals surface area (Å²) in [5.74, 6) is 1.46. The molecule has 1 saturated heterocycles. The monoisotopic (exact) mass is 443 g/mol. The molecule has 0 aliphatic carbocycles. The topological polar surface area (TPSA) is 106 Å². The first kappa shape index (κ1) is 21.3. The zero-order valence-electron chi connectivity index (χ0n) is 17.3. The van der Waals surface area contributed by atoms with E-state index in [9.17, 15) is 13.2 Å². The quantitative estimate of drug-likeness (QED) is 0.597. The van der Waals surface area contributed by atoms with Crippen LogP contribution < -0.4 is 9.46 Å². The Labute approximate surface area is 181 Å². The van der Waals surface area contributed by atoms with E-state index in [0.717, 1.165) is 24.3 Å². The van der Waals surface area contributed by atoms with Gasteiger partial charge in [-0.15, -0.1) is 10.2 Å². The van der Waals surface area contributed by atoms with Crippen LogP contribution in [0.5, 0.6) is 5.75 Å². The number of aromatic nitrogens is 3. The SMILES string of the molecule is COc1ccc(S(=O)(=O)NCCC(=O)N2CCCC(c3nnc4ccccn34)C2)cc1. The molecule has 1 aromatic carbocycles. The number of sulfonamides is 1. The molecule has 0 bridgehead atoms. The molecular formula is C21H25N5O4S. The number of carbonyl (C=O) groups excluding carboxylic acids is 1. The standard InChI is InChI=1S/C21H25N5O4S/c1-30-17-7-9-18(10-8-17)31(28,29)22-12-11-20(27)25-13-4-5-16(15-25)21-24-23-19-6-2-3-14-26(19)21/h2-3,6-10,14,16,22H,4-5,11-13,15H2,1H3. The summed E-state index contributed by atoms with van der Waals surface area (Å²) in [5, 5.41) is 8.53. The van der Waals surface area contributed by atoms with E-state index >= 15 is 0 Å². The Kier molecular flexibility index (Phi) is 6.19. The lowest BCUT2D eigenvalue weighted by Gasteiger charge is -2.32. The highest BCUT2D eigenvalue weighted by Gasteiger charge is 2.28. The number of carbonyl (C=O) groups is 1. The number of hydrogen-bond donors (Lipinski definition) is 1. The summed E-state index contributed by atoms with van der Waals surface area (Å²) in [4.78, 5) is 14.6. The van der Waals surface area contributed by atoms with Crippen molar-refractivity contribution in [2.45, 2.75) is 30.1 Å². The van der Waals surface area contributed by atoms with Gasteiger partial charge in [0.2, 0.25) is 15.9 Å². The summed E-state index contributed by atoms with van der Waals surface area (Å²) in [5.41, 5.74) is 0.786. The number of fused-ring (bicyclic) bond motifs is 1. The second kappa shape index (κ2) is 9.03. The summed E-state index contributed by atoms with van der Waals surface area (Å²) in [6, 6.07) is 11.9. The fraction of sp³-hybridized carbons (Fsp3) is 0.381. The number of ether oxygens (including phenoxy) is 1. The lowest BCUT2D eigenvalue weighted by Crippen LogP contribution is -2.41. The Morgan fingerprint density at radius 2 is 2.00 bits per heavy atom. The molecule has 3 aromatic rings. The second-order valence-corrected chi connectivity index (χ2v) is 9.26. The van der Waals surface area contributed by atoms with E-state index in [1.54, 1.807) is 17.0 Å². The molecule has 0 spiro atoms. The fourth-order valence-corrected chi connectivity index (χ4v) is 4.87. The van der Waals surface area contributed by atoms with Crippen LogP contribution in [0.2, 0.25) is 0 Å². The smallest absolute Gasteiger partial charge is 0.240 e. The van der Waals surface area contributed by atoms with Crippen molar-refractivity contribution < 1.29 is 17.9 Å². The highest BCUT2D eigenvalue weighted by molar-refractivity contribution is 7.89. The van der Waals surface area contributed by atoms with E-state index in [1.165, 1.54) is 19.2 Å². The molecule has 1 aliphatic heterocycles. The maximum Gasteiger partial charge on any atom is 0.240 e. The normalized spacial score (nSPS) is 17.1. The Morgan fingerprint density at radius 3 is 2.77 bits per heavy atom. The Balaban J connectivity index is 1.34. The third kappa shape index (κ3) is 4.70. The lowest BCUT2D eigenvalue weighted by atomic mass is 9.97. The van der Waals surface area contributed by atoms with Gasteiger partial charge >= 0.3 is 0 Å². The molecule has 2 aromatic heterocycles. The largest absolute Gasteiger partial charge is 0.497 e. The molecule has 10 heteroatoms. The minimum atomic E-state index is -3.68. The number of rotatable bonds is 7. The molecule has 1 amide bonds. The number of benzene rings is 1. The number of pyridine rings is 1. The van der Waals surface area contributed by atoms with E-state index in [2.05, 4.69) is 14.9 Å². The third-order valence-electron chi connectivity index (χ3n) is 5.48. The zero-order valence-corrected chi connectivity index (χ0v) is 18.1. The van der Waals surface area contributed by atoms with Crippen LogP contribution in [-0.2, 0) is 14.8 Å². The highest BCUT2D eigenvalue weighted by Crippen LogP contribution is 2.26. The van der Waals surface area contributed by atoms with Gasteiger partial charge in [0.05, 0.1) is 12.0 Å². The van der Waals surface area contributed by atoms with Crippen molar-refractivity contribution in [3.63, 3.8) is 0 Å². The van der Waals surface area contributed by atoms with Gasteiger partial charge < -0.3 is 9.64 Å². The molecule has 1 aliphatic rings. The predicted molar refractivity (Wildman–Crippen MR) is 114 cm³/mol. The third-order valence-corrected chi connectivity index (χ3v) is 6.96. The van der Waals surface area contributed by atoms with Gasteiger partial charge in [-0.05, 0) is 49.2 Å². The molecule has 0 saturated carbocycles. The molecule has 3 heterocycles. The van der Waals surface area contributed by atoms with E-state index in [-0.39, 0.29) is 29.7 Å². The Morgan fingerprint density at radius 1 is 1.19 bits per heavy atom. The minimum Gasteiger partial charge on any atom is -0.497 e. The van der Waals surface area contributed by atoms with Gasteiger partial charge in [0.25, 0.3) is 0 Å². The molecule has 31 heavy (non-hydrogen) atoms. The first-order valence-corrected chi connectivity index (χ1v) is 11.7. The Bertz CT molecular complexity index is 1160. The fourth-order valence-electron chi connectivity index (χ4n) is 3.84. The summed E-state index contributed by atoms with van der Waals surface area (Å²) in [6.45, 7) is 1.26. The van der Waals surface area contributed by atoms with Crippen LogP contribution in [0.25, 0.3) is 5.65 Å². The zero-order chi connectivity index (χ0) is 21.8. The first-order chi connectivity index (χ1) is 15.0. The van der Waals surface area contributed by atoms with Crippen molar-refractivity contribution >= 4 is 21.6 Å². The van der Waals surface area contributed by atoms with Crippen LogP contribution in [0.15, 0.2) is 53.6 Å². The summed E-state index contributed by atoms with van der Waals surface area (Å²) >= 11 is 0. The second-order valence-electron chi connectivity index (χ2n) is 7.49. The molecule has 0 radical (unpaired) electrons. The van der Waals surface area contributed by atoms with Crippen LogP contribution in [0.1, 0.15) is 31.0 Å². The maximum atomic E-state index is 12.7. The van der Waals surface area contributed by atoms with Crippen molar-refractivity contribution in [3.8, 4) is 5.75 Å². The van der Waals surface area contributed by atoms with Gasteiger partial charge in [0, 0.05) is 38.2 Å². The number of piperidine rings is 1. The van der Waals surface area contributed by atoms with Gasteiger partial charge in [-0.2, -0.15) is 0 Å². The number of hydrogen-bond acceptors (Lipinski definition) is 6. The molecule has 4 rings (SSSR count). The average molecular weight is 444 g/mol. The van der Waals surface area contributed by atoms with Gasteiger partial charge in [0.1, 0.15) is 11.6 Å². The number of likely N-dealkylation sites (tertiary alicyclic amines) is 1. The molecule has 1 fully saturated rings. The highest BCUT2D eigenvalue weighted by atomic mass is 32.2. The maximum absolute atomic E-state index is 12.7. The summed E-state index contributed by atoms with van der Waals surface area (Å²) in [7, 11) is -2.16. The molecule has 1 N–H and O–H groups in total. The molecule has 9 nitrogen and oxygen atoms in total. The van der Waals surface area contributed by atoms with Crippen LogP contribution >= 0.6 is 0 Å². The first-order valence-electron chi connectivity index (χ1n) is 10.2. The van der Waals surface area contributed by atoms with Gasteiger partial charge in [-0.25, -0.2) is 13.1 Å². The number of nitrogens with one attached hydrogen (secondary N) is 1. The van der Waals surface area contributed by atoms with Crippen molar-refractivity contribution in [2.75, 3.05) is 26.7 Å². The van der Waals surface area contributed by atoms with Crippen LogP contribution in [0, 0.1) is 0 Å². The van der Waals surface area contributed by atoms with Gasteiger partial charge in [-0.1, -0.05) is 6.07 Å². The van der Waals surface area contributed by atoms with E-state index in [4.69, 9.17) is 4.74 Å². The van der Waals surface area contributed by atoms with Crippen LogP contribution in [0.4, 0.5) is 0 Å². The average Bonchev–Trinajstić information content (AvgIpc) is 3.23. The van der Waals surface area contributed by atoms with Crippen molar-refractivity contribution in [3.05, 3.63) is 54.5 Å². The van der Waals surface area contributed by atoms with Gasteiger partial charge in [0.15, 0.2) is 5.65 Å².